The van der Waals surface area contributed by atoms with Crippen LogP contribution in [0.4, 0.5) is 15.3 Å². The molecule has 3 heterocycles. The molecular formula is C31H39Br2N5O4. The molecule has 0 aromatic heterocycles. The first-order valence-electron chi connectivity index (χ1n) is 14.6. The lowest BCUT2D eigenvalue weighted by atomic mass is 9.81. The van der Waals surface area contributed by atoms with E-state index in [0.29, 0.717) is 44.9 Å². The summed E-state index contributed by atoms with van der Waals surface area (Å²) in [4.78, 5) is 46.0. The van der Waals surface area contributed by atoms with Gasteiger partial charge in [0.05, 0.1) is 13.0 Å². The van der Waals surface area contributed by atoms with Gasteiger partial charge >= 0.3 is 6.03 Å². The number of rotatable bonds is 7. The summed E-state index contributed by atoms with van der Waals surface area (Å²) in [5, 5.41) is 16.6. The number of anilines is 1. The summed E-state index contributed by atoms with van der Waals surface area (Å²) in [5.41, 5.74) is 1.65. The van der Waals surface area contributed by atoms with Gasteiger partial charge < -0.3 is 29.8 Å². The molecule has 0 saturated carbocycles. The Morgan fingerprint density at radius 3 is 2.45 bits per heavy atom. The van der Waals surface area contributed by atoms with E-state index in [4.69, 9.17) is 0 Å². The Morgan fingerprint density at radius 1 is 1.12 bits per heavy atom. The van der Waals surface area contributed by atoms with E-state index < -0.39 is 11.8 Å². The van der Waals surface area contributed by atoms with Crippen LogP contribution >= 0.6 is 31.9 Å². The number of halogens is 2. The largest absolute Gasteiger partial charge is 0.498 e. The topological polar surface area (TPSA) is 96.0 Å². The van der Waals surface area contributed by atoms with Crippen molar-refractivity contribution in [3.63, 3.8) is 0 Å². The molecule has 3 atom stereocenters. The molecule has 2 saturated heterocycles. The van der Waals surface area contributed by atoms with Gasteiger partial charge in [0, 0.05) is 64.8 Å². The lowest BCUT2D eigenvalue weighted by molar-refractivity contribution is -0.956. The molecule has 2 unspecified atom stereocenters. The zero-order valence-corrected chi connectivity index (χ0v) is 27.4. The van der Waals surface area contributed by atoms with Crippen LogP contribution in [-0.4, -0.2) is 95.6 Å². The average Bonchev–Trinajstić information content (AvgIpc) is 3.11. The second-order valence-electron chi connectivity index (χ2n) is 12.1. The van der Waals surface area contributed by atoms with E-state index in [1.807, 2.05) is 47.4 Å². The summed E-state index contributed by atoms with van der Waals surface area (Å²) in [6.45, 7) is 2.27. The highest BCUT2D eigenvalue weighted by atomic mass is 79.9. The third-order valence-electron chi connectivity index (χ3n) is 9.70. The van der Waals surface area contributed by atoms with Gasteiger partial charge in [0.15, 0.2) is 5.66 Å². The van der Waals surface area contributed by atoms with Gasteiger partial charge in [0.25, 0.3) is 6.09 Å². The maximum absolute atomic E-state index is 13.6. The Bertz CT molecular complexity index is 1310. The molecule has 11 heteroatoms. The molecule has 5 rings (SSSR count). The molecule has 2 fully saturated rings. The van der Waals surface area contributed by atoms with E-state index in [0.717, 1.165) is 44.9 Å². The van der Waals surface area contributed by atoms with Crippen molar-refractivity contribution in [2.45, 2.75) is 62.8 Å². The number of hydrogen-bond donors (Lipinski definition) is 1. The van der Waals surface area contributed by atoms with E-state index in [1.54, 1.807) is 0 Å². The van der Waals surface area contributed by atoms with Gasteiger partial charge in [0.1, 0.15) is 12.8 Å². The quantitative estimate of drug-likeness (QED) is 0.339. The van der Waals surface area contributed by atoms with E-state index in [1.165, 1.54) is 0 Å². The molecule has 3 amide bonds. The first-order chi connectivity index (χ1) is 20.1. The number of nitrogens with one attached hydrogen (secondary N) is 1. The standard InChI is InChI=1S/C31H39Br2N5O4/c1-35(2)26-8-12-36(13-9-26)31(11-16-39)20-27(37-14-7-23-5-3-4-6-28(23)34-29(37)40)10-15-38(31,30(41)42)21-22-17-24(32)19-25(33)18-22/h3-6,16-19,26-27H,7-15,20-21H2,1-2H3,(H-,34,40,41,42)/t27?,31?,38-/m0/s1. The highest BCUT2D eigenvalue weighted by molar-refractivity contribution is 9.11. The molecule has 2 aromatic rings. The van der Waals surface area contributed by atoms with E-state index in [9.17, 15) is 19.5 Å². The second-order valence-corrected chi connectivity index (χ2v) is 13.9. The maximum atomic E-state index is 13.6. The van der Waals surface area contributed by atoms with E-state index in [2.05, 4.69) is 61.1 Å². The van der Waals surface area contributed by atoms with Crippen molar-refractivity contribution in [3.05, 3.63) is 62.5 Å². The van der Waals surface area contributed by atoms with Gasteiger partial charge in [-0.3, -0.25) is 9.38 Å². The van der Waals surface area contributed by atoms with Crippen LogP contribution in [0.15, 0.2) is 51.4 Å². The van der Waals surface area contributed by atoms with Crippen molar-refractivity contribution in [2.75, 3.05) is 45.6 Å². The van der Waals surface area contributed by atoms with Crippen LogP contribution in [0.5, 0.6) is 0 Å². The number of quaternary nitrogens is 1. The smallest absolute Gasteiger partial charge is 0.322 e. The van der Waals surface area contributed by atoms with Gasteiger partial charge in [0.2, 0.25) is 0 Å². The molecule has 0 radical (unpaired) electrons. The predicted octanol–water partition coefficient (Wildman–Crippen LogP) is 4.44. The average molecular weight is 705 g/mol. The van der Waals surface area contributed by atoms with Gasteiger partial charge in [-0.15, -0.1) is 0 Å². The van der Waals surface area contributed by atoms with Crippen LogP contribution in [0.3, 0.4) is 0 Å². The van der Waals surface area contributed by atoms with Crippen LogP contribution in [0.25, 0.3) is 0 Å². The molecule has 0 aliphatic carbocycles. The Labute approximate surface area is 264 Å². The van der Waals surface area contributed by atoms with Crippen molar-refractivity contribution in [2.24, 2.45) is 0 Å². The first kappa shape index (κ1) is 31.1. The van der Waals surface area contributed by atoms with Crippen molar-refractivity contribution in [3.8, 4) is 0 Å². The number of nitrogens with zero attached hydrogens (tertiary/aromatic N) is 4. The monoisotopic (exact) mass is 703 g/mol. The van der Waals surface area contributed by atoms with Crippen LogP contribution in [-0.2, 0) is 17.8 Å². The number of carbonyl (C=O) groups is 3. The fraction of sp³-hybridized carbons (Fsp3) is 0.516. The molecule has 42 heavy (non-hydrogen) atoms. The zero-order chi connectivity index (χ0) is 30.1. The SMILES string of the molecule is CN(C)C1CCN(C2(CC=O)CC(N3CCc4ccccc4NC3=O)CC[N@+]2(Cc2cc(Br)cc(Br)c2)C(=O)[O-])CC1. The molecule has 2 aromatic carbocycles. The summed E-state index contributed by atoms with van der Waals surface area (Å²) in [5.74, 6) is 0. The molecule has 1 N–H and O–H groups in total. The number of hydrogen-bond acceptors (Lipinski definition) is 6. The molecule has 3 aliphatic heterocycles. The predicted molar refractivity (Wildman–Crippen MR) is 167 cm³/mol. The molecular weight excluding hydrogens is 666 g/mol. The minimum Gasteiger partial charge on any atom is -0.498 e. The van der Waals surface area contributed by atoms with Crippen LogP contribution in [0, 0.1) is 0 Å². The lowest BCUT2D eigenvalue weighted by Crippen LogP contribution is -2.80. The van der Waals surface area contributed by atoms with Gasteiger partial charge in [-0.1, -0.05) is 50.1 Å². The summed E-state index contributed by atoms with van der Waals surface area (Å²) >= 11 is 7.11. The van der Waals surface area contributed by atoms with Crippen LogP contribution in [0.1, 0.15) is 43.2 Å². The Hall–Kier alpha value is -2.31. The van der Waals surface area contributed by atoms with Gasteiger partial charge in [-0.05, 0) is 63.2 Å². The van der Waals surface area contributed by atoms with Crippen molar-refractivity contribution >= 4 is 56.0 Å². The normalized spacial score (nSPS) is 27.3. The second kappa shape index (κ2) is 12.7. The zero-order valence-electron chi connectivity index (χ0n) is 24.2. The Balaban J connectivity index is 1.56. The highest BCUT2D eigenvalue weighted by Gasteiger charge is 2.61. The van der Waals surface area contributed by atoms with Crippen LogP contribution < -0.4 is 10.4 Å². The number of carbonyl (C=O) groups excluding carboxylic acids is 3. The Kier molecular flexibility index (Phi) is 9.44. The number of fused-ring (bicyclic) bond motifs is 1. The number of piperidine rings is 2. The fourth-order valence-electron chi connectivity index (χ4n) is 7.52. The number of urea groups is 1. The number of amides is 3. The third-order valence-corrected chi connectivity index (χ3v) is 10.6. The van der Waals surface area contributed by atoms with E-state index >= 15 is 0 Å². The first-order valence-corrected chi connectivity index (χ1v) is 16.2. The minimum atomic E-state index is -1.19. The van der Waals surface area contributed by atoms with Crippen molar-refractivity contribution < 1.29 is 24.0 Å². The van der Waals surface area contributed by atoms with Crippen LogP contribution in [0.2, 0.25) is 0 Å². The van der Waals surface area contributed by atoms with Gasteiger partial charge in [-0.2, -0.15) is 0 Å². The number of benzene rings is 2. The lowest BCUT2D eigenvalue weighted by Gasteiger charge is -2.61. The molecule has 3 aliphatic rings. The number of para-hydroxylation sites is 1. The summed E-state index contributed by atoms with van der Waals surface area (Å²) in [7, 11) is 4.14. The fourth-order valence-corrected chi connectivity index (χ4v) is 8.91. The van der Waals surface area contributed by atoms with Crippen molar-refractivity contribution in [1.82, 2.24) is 14.7 Å². The minimum absolute atomic E-state index is 0.0367. The Morgan fingerprint density at radius 2 is 1.81 bits per heavy atom. The summed E-state index contributed by atoms with van der Waals surface area (Å²) < 4.78 is 1.30. The number of aldehydes is 1. The van der Waals surface area contributed by atoms with Crippen molar-refractivity contribution in [1.29, 1.82) is 0 Å². The summed E-state index contributed by atoms with van der Waals surface area (Å²) in [6.07, 6.45) is 3.01. The molecule has 0 bridgehead atoms. The number of likely N-dealkylation sites (tertiary alicyclic amines) is 2. The highest BCUT2D eigenvalue weighted by Crippen LogP contribution is 2.45. The van der Waals surface area contributed by atoms with Gasteiger partial charge in [-0.25, -0.2) is 4.79 Å². The van der Waals surface area contributed by atoms with E-state index in [-0.39, 0.29) is 36.1 Å². The third kappa shape index (κ3) is 5.91. The summed E-state index contributed by atoms with van der Waals surface area (Å²) in [6, 6.07) is 13.6. The number of carboxylic acid groups (broad SMARTS) is 1. The molecule has 0 spiro atoms. The molecule has 226 valence electrons. The molecule has 9 nitrogen and oxygen atoms in total. The maximum Gasteiger partial charge on any atom is 0.322 e.